The number of aliphatic hydroxyl groups excluding tert-OH is 1. The Morgan fingerprint density at radius 2 is 1.83 bits per heavy atom. The molecule has 0 saturated carbocycles. The topological polar surface area (TPSA) is 59.3 Å². The van der Waals surface area contributed by atoms with Crippen molar-refractivity contribution in [2.45, 2.75) is 6.54 Å². The molecule has 0 bridgehead atoms. The number of nitrogens with one attached hydrogen (secondary N) is 1. The van der Waals surface area contributed by atoms with E-state index in [-0.39, 0.29) is 6.61 Å². The van der Waals surface area contributed by atoms with Crippen molar-refractivity contribution >= 4 is 40.2 Å². The van der Waals surface area contributed by atoms with Gasteiger partial charge in [0.15, 0.2) is 5.75 Å². The highest BCUT2D eigenvalue weighted by Gasteiger charge is 2.11. The van der Waals surface area contributed by atoms with Crippen molar-refractivity contribution in [1.29, 1.82) is 0 Å². The van der Waals surface area contributed by atoms with E-state index in [1.54, 1.807) is 18.2 Å². The molecular formula is C17H17Cl2N3O2. The van der Waals surface area contributed by atoms with Gasteiger partial charge in [-0.2, -0.15) is 0 Å². The second kappa shape index (κ2) is 7.75. The van der Waals surface area contributed by atoms with Gasteiger partial charge in [0.25, 0.3) is 0 Å². The second-order valence-corrected chi connectivity index (χ2v) is 5.94. The van der Waals surface area contributed by atoms with Gasteiger partial charge in [0, 0.05) is 6.54 Å². The predicted octanol–water partition coefficient (Wildman–Crippen LogP) is 3.83. The van der Waals surface area contributed by atoms with Crippen LogP contribution in [0.15, 0.2) is 42.5 Å². The summed E-state index contributed by atoms with van der Waals surface area (Å²) in [7, 11) is 0. The van der Waals surface area contributed by atoms with Gasteiger partial charge in [-0.3, -0.25) is 0 Å². The van der Waals surface area contributed by atoms with Crippen LogP contribution in [0.4, 0.5) is 5.95 Å². The number of fused-ring (bicyclic) bond motifs is 1. The molecule has 3 rings (SSSR count). The van der Waals surface area contributed by atoms with E-state index >= 15 is 0 Å². The Kier molecular flexibility index (Phi) is 5.45. The van der Waals surface area contributed by atoms with Crippen LogP contribution in [0.5, 0.6) is 5.75 Å². The van der Waals surface area contributed by atoms with Crippen molar-refractivity contribution in [3.05, 3.63) is 52.5 Å². The lowest BCUT2D eigenvalue weighted by Crippen LogP contribution is -2.14. The average molecular weight is 366 g/mol. The Bertz CT molecular complexity index is 816. The summed E-state index contributed by atoms with van der Waals surface area (Å²) in [5.74, 6) is 1.18. The zero-order valence-corrected chi connectivity index (χ0v) is 14.4. The van der Waals surface area contributed by atoms with Crippen LogP contribution in [0.1, 0.15) is 0 Å². The molecule has 0 aliphatic carbocycles. The number of imidazole rings is 1. The summed E-state index contributed by atoms with van der Waals surface area (Å²) in [6.07, 6.45) is 0. The molecule has 0 fully saturated rings. The summed E-state index contributed by atoms with van der Waals surface area (Å²) in [5.41, 5.74) is 1.88. The Morgan fingerprint density at radius 1 is 1.08 bits per heavy atom. The van der Waals surface area contributed by atoms with Crippen molar-refractivity contribution in [3.63, 3.8) is 0 Å². The highest BCUT2D eigenvalue weighted by molar-refractivity contribution is 6.37. The summed E-state index contributed by atoms with van der Waals surface area (Å²) < 4.78 is 7.77. The molecular weight excluding hydrogens is 349 g/mol. The zero-order valence-electron chi connectivity index (χ0n) is 12.9. The number of hydrogen-bond donors (Lipinski definition) is 2. The maximum atomic E-state index is 9.03. The molecule has 0 spiro atoms. The van der Waals surface area contributed by atoms with Crippen LogP contribution in [-0.4, -0.2) is 34.4 Å². The maximum absolute atomic E-state index is 9.03. The Morgan fingerprint density at radius 3 is 2.58 bits per heavy atom. The highest BCUT2D eigenvalue weighted by atomic mass is 35.5. The fraction of sp³-hybridized carbons (Fsp3) is 0.235. The van der Waals surface area contributed by atoms with E-state index in [0.717, 1.165) is 11.0 Å². The minimum atomic E-state index is 0.0366. The molecule has 1 aromatic heterocycles. The largest absolute Gasteiger partial charge is 0.489 e. The second-order valence-electron chi connectivity index (χ2n) is 5.13. The van der Waals surface area contributed by atoms with Crippen LogP contribution < -0.4 is 10.1 Å². The van der Waals surface area contributed by atoms with Gasteiger partial charge in [-0.1, -0.05) is 41.4 Å². The zero-order chi connectivity index (χ0) is 16.9. The fourth-order valence-corrected chi connectivity index (χ4v) is 2.97. The van der Waals surface area contributed by atoms with Gasteiger partial charge in [-0.15, -0.1) is 0 Å². The van der Waals surface area contributed by atoms with Gasteiger partial charge in [0.05, 0.1) is 34.2 Å². The molecule has 2 aromatic carbocycles. The van der Waals surface area contributed by atoms with Gasteiger partial charge in [-0.05, 0) is 24.3 Å². The maximum Gasteiger partial charge on any atom is 0.204 e. The number of aliphatic hydroxyl groups is 1. The predicted molar refractivity (Wildman–Crippen MR) is 97.3 cm³/mol. The van der Waals surface area contributed by atoms with Gasteiger partial charge < -0.3 is 19.7 Å². The molecule has 2 N–H and O–H groups in total. The molecule has 0 atom stereocenters. The molecule has 7 heteroatoms. The number of aromatic nitrogens is 2. The number of hydrogen-bond acceptors (Lipinski definition) is 4. The molecule has 3 aromatic rings. The monoisotopic (exact) mass is 365 g/mol. The summed E-state index contributed by atoms with van der Waals surface area (Å²) >= 11 is 12.2. The van der Waals surface area contributed by atoms with Gasteiger partial charge in [0.2, 0.25) is 5.95 Å². The molecule has 0 unspecified atom stereocenters. The number of halogens is 2. The number of anilines is 1. The third-order valence-corrected chi connectivity index (χ3v) is 4.12. The lowest BCUT2D eigenvalue weighted by Gasteiger charge is -2.13. The lowest BCUT2D eigenvalue weighted by atomic mass is 10.3. The Balaban J connectivity index is 1.79. The van der Waals surface area contributed by atoms with Crippen LogP contribution in [0, 0.1) is 0 Å². The molecule has 0 aliphatic rings. The highest BCUT2D eigenvalue weighted by Crippen LogP contribution is 2.32. The SMILES string of the molecule is OCCNc1nc2ccccc2n1CCOc1c(Cl)cccc1Cl. The van der Waals surface area contributed by atoms with Crippen LogP contribution in [0.3, 0.4) is 0 Å². The first-order valence-electron chi connectivity index (χ1n) is 7.57. The van der Waals surface area contributed by atoms with Crippen molar-refractivity contribution in [2.24, 2.45) is 0 Å². The van der Waals surface area contributed by atoms with Crippen molar-refractivity contribution in [2.75, 3.05) is 25.1 Å². The summed E-state index contributed by atoms with van der Waals surface area (Å²) in [6.45, 7) is 1.42. The van der Waals surface area contributed by atoms with Crippen LogP contribution >= 0.6 is 23.2 Å². The van der Waals surface area contributed by atoms with Gasteiger partial charge in [0.1, 0.15) is 6.61 Å². The molecule has 1 heterocycles. The summed E-state index contributed by atoms with van der Waals surface area (Å²) in [4.78, 5) is 4.54. The summed E-state index contributed by atoms with van der Waals surface area (Å²) in [5, 5.41) is 13.1. The van der Waals surface area contributed by atoms with E-state index in [1.165, 1.54) is 0 Å². The molecule has 24 heavy (non-hydrogen) atoms. The van der Waals surface area contributed by atoms with E-state index in [1.807, 2.05) is 28.8 Å². The standard InChI is InChI=1S/C17H17Cl2N3O2/c18-12-4-3-5-13(19)16(12)24-11-9-22-15-7-2-1-6-14(15)21-17(22)20-8-10-23/h1-7,23H,8-11H2,(H,20,21). The van der Waals surface area contributed by atoms with E-state index in [9.17, 15) is 0 Å². The van der Waals surface area contributed by atoms with E-state index in [0.29, 0.717) is 41.4 Å². The molecule has 0 aliphatic heterocycles. The number of benzene rings is 2. The first-order valence-corrected chi connectivity index (χ1v) is 8.33. The number of rotatable bonds is 7. The number of para-hydroxylation sites is 3. The normalized spacial score (nSPS) is 11.0. The molecule has 126 valence electrons. The minimum Gasteiger partial charge on any atom is -0.489 e. The van der Waals surface area contributed by atoms with E-state index < -0.39 is 0 Å². The van der Waals surface area contributed by atoms with Crippen molar-refractivity contribution in [3.8, 4) is 5.75 Å². The number of ether oxygens (including phenoxy) is 1. The third kappa shape index (κ3) is 3.59. The molecule has 0 radical (unpaired) electrons. The molecule has 5 nitrogen and oxygen atoms in total. The average Bonchev–Trinajstić information content (AvgIpc) is 2.93. The fourth-order valence-electron chi connectivity index (χ4n) is 2.46. The minimum absolute atomic E-state index is 0.0366. The quantitative estimate of drug-likeness (QED) is 0.667. The van der Waals surface area contributed by atoms with E-state index in [2.05, 4.69) is 10.3 Å². The Labute approximate surface area is 149 Å². The summed E-state index contributed by atoms with van der Waals surface area (Å²) in [6, 6.07) is 13.1. The Hall–Kier alpha value is -1.95. The number of nitrogens with zero attached hydrogens (tertiary/aromatic N) is 2. The van der Waals surface area contributed by atoms with E-state index in [4.69, 9.17) is 33.0 Å². The van der Waals surface area contributed by atoms with Crippen LogP contribution in [-0.2, 0) is 6.54 Å². The van der Waals surface area contributed by atoms with Gasteiger partial charge in [-0.25, -0.2) is 4.98 Å². The van der Waals surface area contributed by atoms with Gasteiger partial charge >= 0.3 is 0 Å². The van der Waals surface area contributed by atoms with Crippen molar-refractivity contribution < 1.29 is 9.84 Å². The smallest absolute Gasteiger partial charge is 0.204 e. The molecule has 0 saturated heterocycles. The van der Waals surface area contributed by atoms with Crippen LogP contribution in [0.2, 0.25) is 10.0 Å². The third-order valence-electron chi connectivity index (χ3n) is 3.53. The first kappa shape index (κ1) is 16.9. The van der Waals surface area contributed by atoms with Crippen LogP contribution in [0.25, 0.3) is 11.0 Å². The van der Waals surface area contributed by atoms with Crippen molar-refractivity contribution in [1.82, 2.24) is 9.55 Å². The lowest BCUT2D eigenvalue weighted by molar-refractivity contribution is 0.300. The molecule has 0 amide bonds. The first-order chi connectivity index (χ1) is 11.7.